The van der Waals surface area contributed by atoms with E-state index in [0.29, 0.717) is 16.3 Å². The maximum atomic E-state index is 12.7. The molecule has 2 aromatic carbocycles. The molecule has 1 aliphatic rings. The summed E-state index contributed by atoms with van der Waals surface area (Å²) in [5.41, 5.74) is 3.39. The number of fused-ring (bicyclic) bond motifs is 1. The van der Waals surface area contributed by atoms with E-state index < -0.39 is 11.7 Å². The summed E-state index contributed by atoms with van der Waals surface area (Å²) in [5.74, 6) is 0.645. The smallest absolute Gasteiger partial charge is 0.416 e. The van der Waals surface area contributed by atoms with Crippen molar-refractivity contribution in [3.8, 4) is 5.75 Å². The van der Waals surface area contributed by atoms with Crippen LogP contribution in [0.3, 0.4) is 0 Å². The fourth-order valence-corrected chi connectivity index (χ4v) is 4.37. The summed E-state index contributed by atoms with van der Waals surface area (Å²) in [5, 5.41) is 3.72. The number of H-pyrrole nitrogens is 1. The SMILES string of the molecule is O=C(Nc1c[nH]c2ccc(OC3CC(c4ccc(C(F)(F)F)cc4)C3)cc12)c1cncs1. The van der Waals surface area contributed by atoms with Crippen LogP contribution in [0.25, 0.3) is 10.9 Å². The van der Waals surface area contributed by atoms with Crippen LogP contribution in [0.15, 0.2) is 60.4 Å². The van der Waals surface area contributed by atoms with E-state index in [2.05, 4.69) is 15.3 Å². The van der Waals surface area contributed by atoms with Gasteiger partial charge in [0.1, 0.15) is 10.6 Å². The fraction of sp³-hybridized carbons (Fsp3) is 0.217. The first kappa shape index (κ1) is 20.6. The summed E-state index contributed by atoms with van der Waals surface area (Å²) in [4.78, 5) is 19.9. The van der Waals surface area contributed by atoms with Crippen molar-refractivity contribution in [3.63, 3.8) is 0 Å². The third-order valence-electron chi connectivity index (χ3n) is 5.66. The van der Waals surface area contributed by atoms with Gasteiger partial charge in [-0.1, -0.05) is 12.1 Å². The van der Waals surface area contributed by atoms with Crippen LogP contribution in [0.2, 0.25) is 0 Å². The van der Waals surface area contributed by atoms with E-state index in [-0.39, 0.29) is 17.9 Å². The average Bonchev–Trinajstić information content (AvgIpc) is 3.40. The molecule has 1 fully saturated rings. The molecular formula is C23H18F3N3O2S. The standard InChI is InChI=1S/C23H18F3N3O2S/c24-23(25,26)15-3-1-13(2-4-15)14-7-17(8-14)31-16-5-6-19-18(9-16)20(10-28-19)29-22(30)21-11-27-12-32-21/h1-6,9-12,14,17,28H,7-8H2,(H,29,30). The highest BCUT2D eigenvalue weighted by Gasteiger charge is 2.34. The van der Waals surface area contributed by atoms with Gasteiger partial charge in [0.15, 0.2) is 0 Å². The first-order valence-corrected chi connectivity index (χ1v) is 10.9. The number of halogens is 3. The number of thiazole rings is 1. The van der Waals surface area contributed by atoms with Crippen LogP contribution >= 0.6 is 11.3 Å². The van der Waals surface area contributed by atoms with Crippen molar-refractivity contribution >= 4 is 33.8 Å². The van der Waals surface area contributed by atoms with E-state index in [1.165, 1.54) is 17.5 Å². The molecule has 0 unspecified atom stereocenters. The van der Waals surface area contributed by atoms with Crippen LogP contribution in [0.5, 0.6) is 5.75 Å². The van der Waals surface area contributed by atoms with Gasteiger partial charge in [-0.25, -0.2) is 0 Å². The summed E-state index contributed by atoms with van der Waals surface area (Å²) >= 11 is 1.27. The van der Waals surface area contributed by atoms with Gasteiger partial charge in [-0.05, 0) is 54.7 Å². The molecule has 0 aliphatic heterocycles. The van der Waals surface area contributed by atoms with E-state index in [4.69, 9.17) is 4.74 Å². The number of nitrogens with one attached hydrogen (secondary N) is 2. The molecule has 0 bridgehead atoms. The first-order valence-electron chi connectivity index (χ1n) is 10.0. The highest BCUT2D eigenvalue weighted by atomic mass is 32.1. The number of aromatic nitrogens is 2. The van der Waals surface area contributed by atoms with Gasteiger partial charge >= 0.3 is 6.18 Å². The Hall–Kier alpha value is -3.33. The zero-order valence-corrected chi connectivity index (χ0v) is 17.5. The lowest BCUT2D eigenvalue weighted by atomic mass is 9.77. The van der Waals surface area contributed by atoms with E-state index >= 15 is 0 Å². The number of benzene rings is 2. The summed E-state index contributed by atoms with van der Waals surface area (Å²) in [6, 6.07) is 11.0. The molecule has 2 heterocycles. The molecule has 0 radical (unpaired) electrons. The Morgan fingerprint density at radius 3 is 2.62 bits per heavy atom. The van der Waals surface area contributed by atoms with E-state index in [1.54, 1.807) is 23.8 Å². The summed E-state index contributed by atoms with van der Waals surface area (Å²) in [7, 11) is 0. The number of carbonyl (C=O) groups excluding carboxylic acids is 1. The minimum Gasteiger partial charge on any atom is -0.490 e. The molecule has 2 N–H and O–H groups in total. The lowest BCUT2D eigenvalue weighted by Crippen LogP contribution is -2.32. The van der Waals surface area contributed by atoms with Gasteiger partial charge in [-0.15, -0.1) is 11.3 Å². The van der Waals surface area contributed by atoms with Gasteiger partial charge in [0, 0.05) is 17.1 Å². The van der Waals surface area contributed by atoms with E-state index in [0.717, 1.165) is 41.4 Å². The van der Waals surface area contributed by atoms with Gasteiger partial charge in [0.05, 0.1) is 29.1 Å². The second kappa shape index (κ2) is 7.98. The number of hydrogen-bond acceptors (Lipinski definition) is 4. The predicted molar refractivity (Wildman–Crippen MR) is 116 cm³/mol. The van der Waals surface area contributed by atoms with Gasteiger partial charge in [0.25, 0.3) is 5.91 Å². The Morgan fingerprint density at radius 1 is 1.16 bits per heavy atom. The summed E-state index contributed by atoms with van der Waals surface area (Å²) in [6.45, 7) is 0. The quantitative estimate of drug-likeness (QED) is 0.374. The number of nitrogens with zero attached hydrogens (tertiary/aromatic N) is 1. The minimum atomic E-state index is -4.32. The molecule has 1 amide bonds. The van der Waals surface area contributed by atoms with Crippen molar-refractivity contribution in [2.45, 2.75) is 31.0 Å². The Balaban J connectivity index is 1.23. The van der Waals surface area contributed by atoms with Crippen molar-refractivity contribution in [2.75, 3.05) is 5.32 Å². The van der Waals surface area contributed by atoms with Crippen LogP contribution < -0.4 is 10.1 Å². The number of amides is 1. The molecule has 1 saturated carbocycles. The predicted octanol–water partition coefficient (Wildman–Crippen LogP) is 6.22. The third kappa shape index (κ3) is 4.08. The number of aromatic amines is 1. The highest BCUT2D eigenvalue weighted by Crippen LogP contribution is 2.41. The lowest BCUT2D eigenvalue weighted by molar-refractivity contribution is -0.137. The Morgan fingerprint density at radius 2 is 1.94 bits per heavy atom. The average molecular weight is 457 g/mol. The van der Waals surface area contributed by atoms with Gasteiger partial charge < -0.3 is 15.0 Å². The number of alkyl halides is 3. The molecule has 0 spiro atoms. The molecule has 4 aromatic rings. The summed E-state index contributed by atoms with van der Waals surface area (Å²) < 4.78 is 44.3. The first-order chi connectivity index (χ1) is 15.4. The van der Waals surface area contributed by atoms with Crippen LogP contribution in [0.4, 0.5) is 18.9 Å². The fourth-order valence-electron chi connectivity index (χ4n) is 3.86. The lowest BCUT2D eigenvalue weighted by Gasteiger charge is -2.35. The van der Waals surface area contributed by atoms with Crippen LogP contribution in [-0.4, -0.2) is 22.0 Å². The van der Waals surface area contributed by atoms with Crippen LogP contribution in [0.1, 0.15) is 39.6 Å². The number of anilines is 1. The second-order valence-electron chi connectivity index (χ2n) is 7.76. The molecule has 1 aliphatic carbocycles. The number of ether oxygens (including phenoxy) is 1. The van der Waals surface area contributed by atoms with Crippen LogP contribution in [0, 0.1) is 0 Å². The highest BCUT2D eigenvalue weighted by molar-refractivity contribution is 7.11. The molecule has 164 valence electrons. The second-order valence-corrected chi connectivity index (χ2v) is 8.64. The van der Waals surface area contributed by atoms with E-state index in [1.807, 2.05) is 18.2 Å². The molecule has 0 atom stereocenters. The topological polar surface area (TPSA) is 67.0 Å². The van der Waals surface area contributed by atoms with Crippen molar-refractivity contribution < 1.29 is 22.7 Å². The third-order valence-corrected chi connectivity index (χ3v) is 6.44. The number of carbonyl (C=O) groups is 1. The number of hydrogen-bond donors (Lipinski definition) is 2. The van der Waals surface area contributed by atoms with E-state index in [9.17, 15) is 18.0 Å². The molecule has 32 heavy (non-hydrogen) atoms. The Kier molecular flexibility index (Phi) is 5.13. The van der Waals surface area contributed by atoms with Gasteiger partial charge in [0.2, 0.25) is 0 Å². The van der Waals surface area contributed by atoms with Gasteiger partial charge in [-0.3, -0.25) is 9.78 Å². The zero-order valence-electron chi connectivity index (χ0n) is 16.6. The van der Waals surface area contributed by atoms with Crippen molar-refractivity contribution in [2.24, 2.45) is 0 Å². The zero-order chi connectivity index (χ0) is 22.3. The monoisotopic (exact) mass is 457 g/mol. The number of rotatable bonds is 5. The maximum absolute atomic E-state index is 12.7. The van der Waals surface area contributed by atoms with Crippen molar-refractivity contribution in [1.82, 2.24) is 9.97 Å². The Labute approximate surface area is 185 Å². The normalized spacial score (nSPS) is 18.3. The van der Waals surface area contributed by atoms with Crippen LogP contribution in [-0.2, 0) is 6.18 Å². The summed E-state index contributed by atoms with van der Waals surface area (Å²) in [6.07, 6.45) is 0.412. The van der Waals surface area contributed by atoms with Gasteiger partial charge in [-0.2, -0.15) is 13.2 Å². The molecule has 0 saturated heterocycles. The molecule has 9 heteroatoms. The Bertz CT molecular complexity index is 1240. The minimum absolute atomic E-state index is 0.00563. The van der Waals surface area contributed by atoms with Crippen molar-refractivity contribution in [1.29, 1.82) is 0 Å². The molecule has 5 nitrogen and oxygen atoms in total. The molecule has 5 rings (SSSR count). The molecular weight excluding hydrogens is 439 g/mol. The maximum Gasteiger partial charge on any atom is 0.416 e. The molecule has 2 aromatic heterocycles. The largest absolute Gasteiger partial charge is 0.490 e. The van der Waals surface area contributed by atoms with Crippen molar-refractivity contribution in [3.05, 3.63) is 76.4 Å².